The van der Waals surface area contributed by atoms with Crippen LogP contribution in [0.4, 0.5) is 0 Å². The van der Waals surface area contributed by atoms with Crippen LogP contribution in [-0.2, 0) is 5.41 Å². The molecule has 2 unspecified atom stereocenters. The predicted molar refractivity (Wildman–Crippen MR) is 79.2 cm³/mol. The Morgan fingerprint density at radius 2 is 1.50 bits per heavy atom. The van der Waals surface area contributed by atoms with Crippen molar-refractivity contribution >= 4 is 9.24 Å². The topological polar surface area (TPSA) is 0 Å². The molecule has 0 nitrogen and oxygen atoms in total. The van der Waals surface area contributed by atoms with E-state index in [1.54, 1.807) is 0 Å². The normalized spacial score (nSPS) is 12.7. The summed E-state index contributed by atoms with van der Waals surface area (Å²) in [5.41, 5.74) is 3.70. The van der Waals surface area contributed by atoms with Gasteiger partial charge in [0.2, 0.25) is 0 Å². The van der Waals surface area contributed by atoms with Crippen LogP contribution in [0.25, 0.3) is 0 Å². The van der Waals surface area contributed by atoms with Crippen LogP contribution < -0.4 is 0 Å². The first-order valence-electron chi connectivity index (χ1n) is 6.31. The van der Waals surface area contributed by atoms with Crippen LogP contribution in [0.1, 0.15) is 64.7 Å². The van der Waals surface area contributed by atoms with Gasteiger partial charge in [0.25, 0.3) is 0 Å². The van der Waals surface area contributed by atoms with Crippen molar-refractivity contribution in [3.8, 4) is 0 Å². The van der Waals surface area contributed by atoms with Crippen LogP contribution in [0, 0.1) is 0 Å². The molecule has 0 spiro atoms. The molecule has 1 aromatic carbocycles. The van der Waals surface area contributed by atoms with E-state index in [4.69, 9.17) is 0 Å². The van der Waals surface area contributed by atoms with Crippen molar-refractivity contribution in [3.63, 3.8) is 0 Å². The fourth-order valence-corrected chi connectivity index (χ4v) is 1.69. The van der Waals surface area contributed by atoms with Gasteiger partial charge in [0.15, 0.2) is 0 Å². The molecule has 0 aliphatic carbocycles. The lowest BCUT2D eigenvalue weighted by Crippen LogP contribution is -2.10. The van der Waals surface area contributed by atoms with Gasteiger partial charge in [0.1, 0.15) is 0 Å². The van der Waals surface area contributed by atoms with Crippen LogP contribution in [0.15, 0.2) is 24.3 Å². The summed E-state index contributed by atoms with van der Waals surface area (Å²) in [5.74, 6) is 0. The molecule has 0 aliphatic heterocycles. The molecule has 0 bridgehead atoms. The van der Waals surface area contributed by atoms with Crippen molar-refractivity contribution in [2.75, 3.05) is 0 Å². The highest BCUT2D eigenvalue weighted by molar-refractivity contribution is 7.17. The zero-order valence-electron chi connectivity index (χ0n) is 11.7. The third kappa shape index (κ3) is 4.66. The van der Waals surface area contributed by atoms with E-state index < -0.39 is 0 Å². The van der Waals surface area contributed by atoms with E-state index in [9.17, 15) is 0 Å². The average molecular weight is 238 g/mol. The van der Waals surface area contributed by atoms with Crippen LogP contribution in [-0.4, -0.2) is 0 Å². The summed E-state index contributed by atoms with van der Waals surface area (Å²) in [4.78, 5) is 0. The summed E-state index contributed by atoms with van der Waals surface area (Å²) in [6, 6.07) is 9.01. The molecule has 16 heavy (non-hydrogen) atoms. The first-order valence-corrected chi connectivity index (χ1v) is 6.98. The molecule has 2 atom stereocenters. The average Bonchev–Trinajstić information content (AvgIpc) is 2.30. The summed E-state index contributed by atoms with van der Waals surface area (Å²) >= 11 is 0. The second kappa shape index (κ2) is 7.07. The van der Waals surface area contributed by atoms with Crippen molar-refractivity contribution in [1.82, 2.24) is 0 Å². The smallest absolute Gasteiger partial charge is 0.00172 e. The summed E-state index contributed by atoms with van der Waals surface area (Å²) in [5, 5.41) is 0. The summed E-state index contributed by atoms with van der Waals surface area (Å²) < 4.78 is 0. The Bertz CT molecular complexity index is 279. The van der Waals surface area contributed by atoms with E-state index >= 15 is 0 Å². The molecule has 0 aliphatic rings. The summed E-state index contributed by atoms with van der Waals surface area (Å²) in [6.07, 6.45) is 1.18. The second-order valence-electron chi connectivity index (χ2n) is 4.89. The lowest BCUT2D eigenvalue weighted by molar-refractivity contribution is 0.590. The van der Waals surface area contributed by atoms with Gasteiger partial charge in [-0.3, -0.25) is 0 Å². The Kier molecular flexibility index (Phi) is 6.91. The molecule has 92 valence electrons. The Morgan fingerprint density at radius 3 is 1.81 bits per heavy atom. The van der Waals surface area contributed by atoms with E-state index in [1.807, 2.05) is 13.8 Å². The van der Waals surface area contributed by atoms with Gasteiger partial charge >= 0.3 is 0 Å². The number of hydrogen-bond acceptors (Lipinski definition) is 0. The standard InChI is InChI=1S/C13H21P.C2H6/c1-5-12(14)10-6-8-11(9-7-10)13(2,3)4;1-2/h6-9,12H,5,14H2,1-4H3;1-2H3. The van der Waals surface area contributed by atoms with Gasteiger partial charge in [0, 0.05) is 0 Å². The van der Waals surface area contributed by atoms with Gasteiger partial charge in [-0.1, -0.05) is 65.8 Å². The first kappa shape index (κ1) is 15.7. The molecule has 0 amide bonds. The molecule has 0 radical (unpaired) electrons. The van der Waals surface area contributed by atoms with Crippen molar-refractivity contribution < 1.29 is 0 Å². The fraction of sp³-hybridized carbons (Fsp3) is 0.600. The molecule has 1 rings (SSSR count). The molecule has 0 heterocycles. The Morgan fingerprint density at radius 1 is 1.06 bits per heavy atom. The predicted octanol–water partition coefficient (Wildman–Crippen LogP) is 5.34. The van der Waals surface area contributed by atoms with Gasteiger partial charge in [-0.2, -0.15) is 0 Å². The lowest BCUT2D eigenvalue weighted by atomic mass is 9.86. The third-order valence-electron chi connectivity index (χ3n) is 2.64. The molecule has 1 aromatic rings. The molecule has 0 N–H and O–H groups in total. The SMILES string of the molecule is CC.CCC(P)c1ccc(C(C)(C)C)cc1. The molecular weight excluding hydrogens is 211 g/mol. The maximum Gasteiger partial charge on any atom is -0.00172 e. The monoisotopic (exact) mass is 238 g/mol. The minimum absolute atomic E-state index is 0.265. The Hall–Kier alpha value is -0.350. The fourth-order valence-electron chi connectivity index (χ4n) is 1.47. The minimum Gasteiger partial charge on any atom is -0.130 e. The molecule has 0 saturated carbocycles. The van der Waals surface area contributed by atoms with E-state index in [-0.39, 0.29) is 5.41 Å². The number of hydrogen-bond donors (Lipinski definition) is 0. The molecule has 1 heteroatoms. The Labute approximate surface area is 104 Å². The van der Waals surface area contributed by atoms with E-state index in [2.05, 4.69) is 61.2 Å². The minimum atomic E-state index is 0.265. The highest BCUT2D eigenvalue weighted by atomic mass is 31.0. The summed E-state index contributed by atoms with van der Waals surface area (Å²) in [6.45, 7) is 13.0. The van der Waals surface area contributed by atoms with Crippen LogP contribution in [0.5, 0.6) is 0 Å². The Balaban J connectivity index is 0.00000106. The highest BCUT2D eigenvalue weighted by Gasteiger charge is 2.13. The van der Waals surface area contributed by atoms with E-state index in [0.29, 0.717) is 5.66 Å². The first-order chi connectivity index (χ1) is 7.45. The van der Waals surface area contributed by atoms with E-state index in [1.165, 1.54) is 17.5 Å². The van der Waals surface area contributed by atoms with Crippen LogP contribution >= 0.6 is 9.24 Å². The van der Waals surface area contributed by atoms with Crippen molar-refractivity contribution in [3.05, 3.63) is 35.4 Å². The number of rotatable bonds is 2. The molecule has 0 saturated heterocycles. The quantitative estimate of drug-likeness (QED) is 0.610. The van der Waals surface area contributed by atoms with Gasteiger partial charge in [-0.05, 0) is 28.6 Å². The third-order valence-corrected chi connectivity index (χ3v) is 3.50. The van der Waals surface area contributed by atoms with Crippen molar-refractivity contribution in [2.45, 2.75) is 59.0 Å². The van der Waals surface area contributed by atoms with Crippen LogP contribution in [0.2, 0.25) is 0 Å². The van der Waals surface area contributed by atoms with Gasteiger partial charge in [0.05, 0.1) is 0 Å². The number of benzene rings is 1. The van der Waals surface area contributed by atoms with Gasteiger partial charge < -0.3 is 0 Å². The van der Waals surface area contributed by atoms with Crippen LogP contribution in [0.3, 0.4) is 0 Å². The summed E-state index contributed by atoms with van der Waals surface area (Å²) in [7, 11) is 2.90. The van der Waals surface area contributed by atoms with E-state index in [0.717, 1.165) is 0 Å². The molecular formula is C15H27P. The van der Waals surface area contributed by atoms with Crippen molar-refractivity contribution in [1.29, 1.82) is 0 Å². The second-order valence-corrected chi connectivity index (χ2v) is 5.69. The maximum absolute atomic E-state index is 2.90. The lowest BCUT2D eigenvalue weighted by Gasteiger charge is -2.20. The van der Waals surface area contributed by atoms with Gasteiger partial charge in [-0.15, -0.1) is 9.24 Å². The van der Waals surface area contributed by atoms with Crippen molar-refractivity contribution in [2.24, 2.45) is 0 Å². The maximum atomic E-state index is 2.90. The molecule has 0 fully saturated rings. The molecule has 0 aromatic heterocycles. The highest BCUT2D eigenvalue weighted by Crippen LogP contribution is 2.29. The zero-order chi connectivity index (χ0) is 12.8. The largest absolute Gasteiger partial charge is 0.130 e. The zero-order valence-corrected chi connectivity index (χ0v) is 12.8. The van der Waals surface area contributed by atoms with Gasteiger partial charge in [-0.25, -0.2) is 0 Å².